The Balaban J connectivity index is 1.40. The number of hydrogen-bond donors (Lipinski definition) is 3. The van der Waals surface area contributed by atoms with Crippen LogP contribution < -0.4 is 25.2 Å². The Morgan fingerprint density at radius 2 is 1.81 bits per heavy atom. The number of carbonyl (C=O) groups excluding carboxylic acids is 3. The molecular formula is C23H29N4O4+. The van der Waals surface area contributed by atoms with E-state index in [4.69, 9.17) is 4.74 Å². The van der Waals surface area contributed by atoms with Gasteiger partial charge in [0.25, 0.3) is 5.91 Å². The molecule has 31 heavy (non-hydrogen) atoms. The Kier molecular flexibility index (Phi) is 7.61. The third kappa shape index (κ3) is 6.55. The molecule has 1 fully saturated rings. The van der Waals surface area contributed by atoms with Crippen molar-refractivity contribution in [1.29, 1.82) is 0 Å². The van der Waals surface area contributed by atoms with Crippen LogP contribution in [0.4, 0.5) is 17.1 Å². The van der Waals surface area contributed by atoms with Crippen molar-refractivity contribution in [2.45, 2.75) is 19.3 Å². The summed E-state index contributed by atoms with van der Waals surface area (Å²) in [4.78, 5) is 39.0. The van der Waals surface area contributed by atoms with Gasteiger partial charge in [0.1, 0.15) is 5.75 Å². The molecule has 3 amide bonds. The number of quaternary nitrogens is 1. The number of nitrogens with one attached hydrogen (secondary N) is 3. The van der Waals surface area contributed by atoms with Crippen LogP contribution in [-0.2, 0) is 14.4 Å². The van der Waals surface area contributed by atoms with Crippen LogP contribution in [0.1, 0.15) is 19.3 Å². The van der Waals surface area contributed by atoms with Crippen LogP contribution in [0.2, 0.25) is 0 Å². The van der Waals surface area contributed by atoms with E-state index in [-0.39, 0.29) is 24.3 Å². The molecule has 2 aromatic rings. The number of amides is 3. The van der Waals surface area contributed by atoms with Gasteiger partial charge in [-0.15, -0.1) is 0 Å². The van der Waals surface area contributed by atoms with E-state index in [9.17, 15) is 14.4 Å². The number of benzene rings is 2. The molecule has 3 rings (SSSR count). The Morgan fingerprint density at radius 1 is 1.06 bits per heavy atom. The summed E-state index contributed by atoms with van der Waals surface area (Å²) in [6.07, 6.45) is 1.77. The van der Waals surface area contributed by atoms with Gasteiger partial charge in [-0.1, -0.05) is 6.07 Å². The highest BCUT2D eigenvalue weighted by molar-refractivity contribution is 5.96. The predicted molar refractivity (Wildman–Crippen MR) is 120 cm³/mol. The van der Waals surface area contributed by atoms with Crippen molar-refractivity contribution in [3.63, 3.8) is 0 Å². The van der Waals surface area contributed by atoms with Gasteiger partial charge in [0.05, 0.1) is 27.1 Å². The van der Waals surface area contributed by atoms with Gasteiger partial charge in [0, 0.05) is 36.1 Å². The molecule has 8 nitrogen and oxygen atoms in total. The van der Waals surface area contributed by atoms with E-state index in [0.29, 0.717) is 36.5 Å². The summed E-state index contributed by atoms with van der Waals surface area (Å²) >= 11 is 0. The van der Waals surface area contributed by atoms with Gasteiger partial charge in [0.2, 0.25) is 11.8 Å². The number of methoxy groups -OCH3 is 1. The molecule has 8 heteroatoms. The molecule has 1 saturated heterocycles. The molecule has 0 radical (unpaired) electrons. The van der Waals surface area contributed by atoms with Gasteiger partial charge in [-0.3, -0.25) is 14.4 Å². The predicted octanol–water partition coefficient (Wildman–Crippen LogP) is 1.30. The normalized spacial score (nSPS) is 14.3. The summed E-state index contributed by atoms with van der Waals surface area (Å²) in [5.41, 5.74) is 2.22. The van der Waals surface area contributed by atoms with E-state index < -0.39 is 0 Å². The first-order valence-electron chi connectivity index (χ1n) is 10.4. The van der Waals surface area contributed by atoms with E-state index in [2.05, 4.69) is 10.6 Å². The molecule has 1 heterocycles. The van der Waals surface area contributed by atoms with Gasteiger partial charge in [-0.25, -0.2) is 0 Å². The first-order chi connectivity index (χ1) is 14.9. The lowest BCUT2D eigenvalue weighted by Gasteiger charge is -2.16. The van der Waals surface area contributed by atoms with Crippen molar-refractivity contribution < 1.29 is 24.0 Å². The zero-order valence-electron chi connectivity index (χ0n) is 17.9. The van der Waals surface area contributed by atoms with E-state index in [0.717, 1.165) is 23.6 Å². The SMILES string of the molecule is COc1cccc(NC(=O)C[NH+](C)CCC(=O)Nc2ccc(N3CCCC3=O)cc2)c1. The van der Waals surface area contributed by atoms with Crippen molar-refractivity contribution >= 4 is 34.8 Å². The van der Waals surface area contributed by atoms with Gasteiger partial charge < -0.3 is 25.2 Å². The Labute approximate surface area is 182 Å². The van der Waals surface area contributed by atoms with Gasteiger partial charge >= 0.3 is 0 Å². The minimum atomic E-state index is -0.127. The molecule has 0 aromatic heterocycles. The largest absolute Gasteiger partial charge is 0.497 e. The second-order valence-electron chi connectivity index (χ2n) is 7.66. The van der Waals surface area contributed by atoms with Gasteiger partial charge in [0.15, 0.2) is 6.54 Å². The van der Waals surface area contributed by atoms with E-state index >= 15 is 0 Å². The van der Waals surface area contributed by atoms with Crippen LogP contribution in [0.25, 0.3) is 0 Å². The van der Waals surface area contributed by atoms with Crippen molar-refractivity contribution in [2.75, 3.05) is 49.3 Å². The first-order valence-corrected chi connectivity index (χ1v) is 10.4. The molecule has 0 spiro atoms. The summed E-state index contributed by atoms with van der Waals surface area (Å²) in [7, 11) is 3.45. The molecule has 164 valence electrons. The van der Waals surface area contributed by atoms with Gasteiger partial charge in [-0.2, -0.15) is 0 Å². The van der Waals surface area contributed by atoms with Crippen molar-refractivity contribution in [3.05, 3.63) is 48.5 Å². The fraction of sp³-hybridized carbons (Fsp3) is 0.348. The average molecular weight is 426 g/mol. The first kappa shape index (κ1) is 22.3. The number of ether oxygens (including phenoxy) is 1. The van der Waals surface area contributed by atoms with Crippen molar-refractivity contribution in [3.8, 4) is 5.75 Å². The summed E-state index contributed by atoms with van der Waals surface area (Å²) < 4.78 is 5.15. The molecule has 1 atom stereocenters. The lowest BCUT2D eigenvalue weighted by Crippen LogP contribution is -3.10. The highest BCUT2D eigenvalue weighted by Gasteiger charge is 2.21. The molecule has 2 aromatic carbocycles. The number of carbonyl (C=O) groups is 3. The second-order valence-corrected chi connectivity index (χ2v) is 7.66. The van der Waals surface area contributed by atoms with Crippen LogP contribution in [0.15, 0.2) is 48.5 Å². The van der Waals surface area contributed by atoms with Crippen LogP contribution in [0.5, 0.6) is 5.75 Å². The summed E-state index contributed by atoms with van der Waals surface area (Å²) in [5, 5.41) is 5.70. The van der Waals surface area contributed by atoms with Crippen LogP contribution in [-0.4, -0.2) is 51.5 Å². The van der Waals surface area contributed by atoms with Crippen LogP contribution >= 0.6 is 0 Å². The van der Waals surface area contributed by atoms with Crippen molar-refractivity contribution in [2.24, 2.45) is 0 Å². The quantitative estimate of drug-likeness (QED) is 0.565. The molecule has 1 aliphatic heterocycles. The van der Waals surface area contributed by atoms with Crippen LogP contribution in [0, 0.1) is 0 Å². The average Bonchev–Trinajstić information content (AvgIpc) is 3.18. The molecule has 0 aliphatic carbocycles. The summed E-state index contributed by atoms with van der Waals surface area (Å²) in [6.45, 7) is 1.52. The third-order valence-electron chi connectivity index (χ3n) is 5.13. The standard InChI is InChI=1S/C23H28N4O4/c1-26(16-22(29)25-18-5-3-6-20(15-18)31-2)14-12-21(28)24-17-8-10-19(11-9-17)27-13-4-7-23(27)30/h3,5-6,8-11,15H,4,7,12-14,16H2,1-2H3,(H,24,28)(H,25,29)/p+1. The van der Waals surface area contributed by atoms with E-state index in [1.165, 1.54) is 0 Å². The minimum Gasteiger partial charge on any atom is -0.497 e. The molecule has 0 saturated carbocycles. The lowest BCUT2D eigenvalue weighted by molar-refractivity contribution is -0.870. The number of nitrogens with zero attached hydrogens (tertiary/aromatic N) is 1. The Hall–Kier alpha value is -3.39. The smallest absolute Gasteiger partial charge is 0.279 e. The molecule has 1 unspecified atom stereocenters. The van der Waals surface area contributed by atoms with Gasteiger partial charge in [-0.05, 0) is 42.8 Å². The monoisotopic (exact) mass is 425 g/mol. The Bertz CT molecular complexity index is 929. The summed E-state index contributed by atoms with van der Waals surface area (Å²) in [5.74, 6) is 0.573. The number of hydrogen-bond acceptors (Lipinski definition) is 4. The number of anilines is 3. The fourth-order valence-corrected chi connectivity index (χ4v) is 3.46. The van der Waals surface area contributed by atoms with E-state index in [1.54, 1.807) is 36.3 Å². The maximum Gasteiger partial charge on any atom is 0.279 e. The lowest BCUT2D eigenvalue weighted by atomic mass is 10.2. The van der Waals surface area contributed by atoms with E-state index in [1.807, 2.05) is 31.3 Å². The third-order valence-corrected chi connectivity index (χ3v) is 5.13. The molecule has 0 bridgehead atoms. The number of rotatable bonds is 9. The maximum absolute atomic E-state index is 12.3. The summed E-state index contributed by atoms with van der Waals surface area (Å²) in [6, 6.07) is 14.5. The zero-order valence-corrected chi connectivity index (χ0v) is 17.9. The van der Waals surface area contributed by atoms with Crippen LogP contribution in [0.3, 0.4) is 0 Å². The number of likely N-dealkylation sites (N-methyl/N-ethyl adjacent to an activating group) is 1. The highest BCUT2D eigenvalue weighted by atomic mass is 16.5. The molecule has 3 N–H and O–H groups in total. The fourth-order valence-electron chi connectivity index (χ4n) is 3.46. The maximum atomic E-state index is 12.3. The molecule has 1 aliphatic rings. The highest BCUT2D eigenvalue weighted by Crippen LogP contribution is 2.23. The topological polar surface area (TPSA) is 92.2 Å². The zero-order chi connectivity index (χ0) is 22.2. The van der Waals surface area contributed by atoms with Crippen molar-refractivity contribution in [1.82, 2.24) is 0 Å². The Morgan fingerprint density at radius 3 is 2.48 bits per heavy atom. The second kappa shape index (κ2) is 10.6. The minimum absolute atomic E-state index is 0.113. The molecular weight excluding hydrogens is 396 g/mol.